The summed E-state index contributed by atoms with van der Waals surface area (Å²) >= 11 is 1.50. The van der Waals surface area contributed by atoms with E-state index in [4.69, 9.17) is 4.42 Å². The average molecular weight is 201 g/mol. The van der Waals surface area contributed by atoms with Gasteiger partial charge in [0.15, 0.2) is 0 Å². The third kappa shape index (κ3) is 2.23. The predicted molar refractivity (Wildman–Crippen MR) is 50.2 cm³/mol. The maximum absolute atomic E-state index is 5.40. The van der Waals surface area contributed by atoms with Crippen molar-refractivity contribution in [1.82, 2.24) is 4.98 Å². The van der Waals surface area contributed by atoms with Crippen LogP contribution in [0.3, 0.4) is 0 Å². The van der Waals surface area contributed by atoms with Crippen LogP contribution in [0, 0.1) is 6.92 Å². The van der Waals surface area contributed by atoms with Gasteiger partial charge in [-0.1, -0.05) is 17.8 Å². The molecular weight excluding hydrogens is 193 g/mol. The molecule has 2 aromatic rings. The molecule has 1 heterocycles. The van der Waals surface area contributed by atoms with Crippen molar-refractivity contribution < 1.29 is 34.0 Å². The summed E-state index contributed by atoms with van der Waals surface area (Å²) in [7, 11) is 0. The molecule has 0 spiro atoms. The fourth-order valence-electron chi connectivity index (χ4n) is 1.04. The van der Waals surface area contributed by atoms with Crippen LogP contribution < -0.4 is 29.6 Å². The third-order valence-electron chi connectivity index (χ3n) is 1.61. The predicted octanol–water partition coefficient (Wildman–Crippen LogP) is -0.264. The first-order valence-electron chi connectivity index (χ1n) is 3.56. The quantitative estimate of drug-likeness (QED) is 0.361. The van der Waals surface area contributed by atoms with Gasteiger partial charge in [0.25, 0.3) is 5.22 Å². The van der Waals surface area contributed by atoms with Crippen LogP contribution in [0.1, 0.15) is 5.56 Å². The normalized spacial score (nSPS) is 9.92. The van der Waals surface area contributed by atoms with Gasteiger partial charge in [0, 0.05) is 0 Å². The summed E-state index contributed by atoms with van der Waals surface area (Å²) in [5.41, 5.74) is 2.67. The minimum absolute atomic E-state index is 0. The number of hydrogen-bond donors (Lipinski definition) is 0. The van der Waals surface area contributed by atoms with E-state index in [1.54, 1.807) is 0 Å². The molecule has 62 valence electrons. The fourth-order valence-corrected chi connectivity index (χ4v) is 1.40. The fraction of sp³-hybridized carbons (Fsp3) is 0.111. The van der Waals surface area contributed by atoms with Crippen molar-refractivity contribution >= 4 is 22.9 Å². The van der Waals surface area contributed by atoms with Crippen LogP contribution in [0.25, 0.3) is 11.1 Å². The van der Waals surface area contributed by atoms with E-state index in [1.165, 1.54) is 11.8 Å². The van der Waals surface area contributed by atoms with E-state index < -0.39 is 0 Å². The maximum Gasteiger partial charge on any atom is 1.00 e. The number of fused-ring (bicyclic) bond motifs is 1. The number of aromatic nitrogens is 1. The molecule has 2 rings (SSSR count). The Kier molecular flexibility index (Phi) is 3.74. The Bertz CT molecular complexity index is 413. The van der Waals surface area contributed by atoms with Gasteiger partial charge >= 0.3 is 29.6 Å². The zero-order chi connectivity index (χ0) is 8.55. The Labute approximate surface area is 103 Å². The van der Waals surface area contributed by atoms with Gasteiger partial charge in [-0.05, 0) is 6.26 Å². The number of thioether (sulfide) groups is 1. The Hall–Kier alpha value is -0.0900. The molecule has 0 aliphatic carbocycles. The van der Waals surface area contributed by atoms with E-state index in [9.17, 15) is 0 Å². The van der Waals surface area contributed by atoms with Crippen LogP contribution in [-0.2, 0) is 0 Å². The average Bonchev–Trinajstić information content (AvgIpc) is 2.46. The summed E-state index contributed by atoms with van der Waals surface area (Å²) in [6.07, 6.45) is 1.94. The van der Waals surface area contributed by atoms with Gasteiger partial charge in [-0.3, -0.25) is 0 Å². The van der Waals surface area contributed by atoms with E-state index in [0.717, 1.165) is 16.7 Å². The first-order valence-corrected chi connectivity index (χ1v) is 4.78. The van der Waals surface area contributed by atoms with Gasteiger partial charge in [-0.2, -0.15) is 18.6 Å². The molecule has 0 saturated carbocycles. The van der Waals surface area contributed by atoms with Gasteiger partial charge in [0.1, 0.15) is 5.58 Å². The standard InChI is InChI=1S/C9H8NOS.Na/c1-6-3-4-8-7(5-6)10-9(11-8)12-2;/h3-5H,1H2,2H3;/q-1;+1. The third-order valence-corrected chi connectivity index (χ3v) is 2.13. The summed E-state index contributed by atoms with van der Waals surface area (Å²) < 4.78 is 5.40. The van der Waals surface area contributed by atoms with E-state index in [1.807, 2.05) is 24.5 Å². The molecule has 0 aliphatic heterocycles. The van der Waals surface area contributed by atoms with Gasteiger partial charge < -0.3 is 4.42 Å². The molecule has 0 radical (unpaired) electrons. The Morgan fingerprint density at radius 3 is 2.92 bits per heavy atom. The zero-order valence-corrected chi connectivity index (χ0v) is 10.5. The number of nitrogens with zero attached hydrogens (tertiary/aromatic N) is 1. The van der Waals surface area contributed by atoms with Crippen molar-refractivity contribution in [3.8, 4) is 0 Å². The number of rotatable bonds is 1. The van der Waals surface area contributed by atoms with Crippen LogP contribution in [0.4, 0.5) is 0 Å². The Balaban J connectivity index is 0.000000845. The summed E-state index contributed by atoms with van der Waals surface area (Å²) in [4.78, 5) is 4.25. The molecule has 2 nitrogen and oxygen atoms in total. The smallest absolute Gasteiger partial charge is 0.434 e. The molecule has 0 atom stereocenters. The summed E-state index contributed by atoms with van der Waals surface area (Å²) in [6, 6.07) is 5.72. The van der Waals surface area contributed by atoms with Crippen molar-refractivity contribution in [3.05, 3.63) is 30.7 Å². The van der Waals surface area contributed by atoms with E-state index >= 15 is 0 Å². The topological polar surface area (TPSA) is 26.0 Å². The molecule has 0 saturated heterocycles. The molecule has 1 aromatic heterocycles. The molecule has 0 bridgehead atoms. The minimum Gasteiger partial charge on any atom is -0.434 e. The summed E-state index contributed by atoms with van der Waals surface area (Å²) in [6.45, 7) is 3.82. The second kappa shape index (κ2) is 4.42. The first kappa shape index (κ1) is 11.0. The second-order valence-electron chi connectivity index (χ2n) is 2.49. The van der Waals surface area contributed by atoms with Crippen LogP contribution in [0.15, 0.2) is 27.8 Å². The summed E-state index contributed by atoms with van der Waals surface area (Å²) in [5.74, 6) is 0. The second-order valence-corrected chi connectivity index (χ2v) is 3.24. The van der Waals surface area contributed by atoms with Crippen molar-refractivity contribution in [2.45, 2.75) is 5.22 Å². The van der Waals surface area contributed by atoms with E-state index in [-0.39, 0.29) is 29.6 Å². The zero-order valence-electron chi connectivity index (χ0n) is 7.70. The van der Waals surface area contributed by atoms with Crippen molar-refractivity contribution in [1.29, 1.82) is 0 Å². The van der Waals surface area contributed by atoms with E-state index in [2.05, 4.69) is 11.9 Å². The van der Waals surface area contributed by atoms with E-state index in [0.29, 0.717) is 5.22 Å². The van der Waals surface area contributed by atoms with Crippen LogP contribution in [0.2, 0.25) is 0 Å². The van der Waals surface area contributed by atoms with Crippen molar-refractivity contribution in [3.63, 3.8) is 0 Å². The molecule has 0 N–H and O–H groups in total. The molecular formula is C9H8NNaOS. The van der Waals surface area contributed by atoms with Crippen LogP contribution >= 0.6 is 11.8 Å². The molecule has 1 aromatic carbocycles. The number of oxazole rings is 1. The van der Waals surface area contributed by atoms with Gasteiger partial charge in [0.2, 0.25) is 0 Å². The molecule has 4 heteroatoms. The minimum atomic E-state index is 0. The summed E-state index contributed by atoms with van der Waals surface area (Å²) in [5, 5.41) is 0.704. The van der Waals surface area contributed by atoms with Crippen LogP contribution in [-0.4, -0.2) is 11.2 Å². The molecule has 13 heavy (non-hydrogen) atoms. The van der Waals surface area contributed by atoms with Gasteiger partial charge in [-0.25, -0.2) is 4.98 Å². The maximum atomic E-state index is 5.40. The van der Waals surface area contributed by atoms with Gasteiger partial charge in [-0.15, -0.1) is 6.07 Å². The molecule has 0 aliphatic rings. The van der Waals surface area contributed by atoms with Crippen molar-refractivity contribution in [2.75, 3.05) is 6.26 Å². The monoisotopic (exact) mass is 201 g/mol. The molecule has 0 amide bonds. The largest absolute Gasteiger partial charge is 1.00 e. The molecule has 0 unspecified atom stereocenters. The number of hydrogen-bond acceptors (Lipinski definition) is 3. The SMILES string of the molecule is [CH2-]c1ccc2oc(SC)nc2c1.[Na+]. The number of benzene rings is 1. The first-order chi connectivity index (χ1) is 5.79. The van der Waals surface area contributed by atoms with Crippen LogP contribution in [0.5, 0.6) is 0 Å². The van der Waals surface area contributed by atoms with Gasteiger partial charge in [0.05, 0.1) is 5.52 Å². The van der Waals surface area contributed by atoms with Crippen molar-refractivity contribution in [2.24, 2.45) is 0 Å². The Morgan fingerprint density at radius 1 is 1.46 bits per heavy atom. The molecule has 0 fully saturated rings. The Morgan fingerprint density at radius 2 is 2.23 bits per heavy atom.